The fourth-order valence-electron chi connectivity index (χ4n) is 2.63. The summed E-state index contributed by atoms with van der Waals surface area (Å²) in [6.45, 7) is 10.4. The summed E-state index contributed by atoms with van der Waals surface area (Å²) in [5.74, 6) is -0.451. The average Bonchev–Trinajstić information content (AvgIpc) is 2.68. The van der Waals surface area contributed by atoms with Crippen LogP contribution < -0.4 is 10.7 Å². The number of rotatable bonds is 6. The quantitative estimate of drug-likeness (QED) is 0.539. The molecule has 0 atom stereocenters. The standard InChI is InChI=1S/C23H29N3O2/c1-6-19(7-2)25-26-22(28)17-10-14-20(15-11-17)24-21(27)16-8-12-18(13-9-16)23(3,4)5/h8-15H,6-7H2,1-5H3,(H,24,27)(H,26,28). The van der Waals surface area contributed by atoms with E-state index in [1.807, 2.05) is 38.1 Å². The van der Waals surface area contributed by atoms with E-state index in [9.17, 15) is 9.59 Å². The zero-order valence-electron chi connectivity index (χ0n) is 17.3. The van der Waals surface area contributed by atoms with Crippen LogP contribution in [0.1, 0.15) is 73.7 Å². The Labute approximate surface area is 167 Å². The van der Waals surface area contributed by atoms with Crippen molar-refractivity contribution in [2.75, 3.05) is 5.32 Å². The molecule has 0 aliphatic rings. The lowest BCUT2D eigenvalue weighted by Crippen LogP contribution is -2.19. The van der Waals surface area contributed by atoms with Crippen LogP contribution in [0.25, 0.3) is 0 Å². The molecule has 5 nitrogen and oxygen atoms in total. The zero-order chi connectivity index (χ0) is 20.7. The predicted molar refractivity (Wildman–Crippen MR) is 115 cm³/mol. The molecule has 2 amide bonds. The first-order valence-electron chi connectivity index (χ1n) is 9.62. The van der Waals surface area contributed by atoms with Crippen LogP contribution in [-0.4, -0.2) is 17.5 Å². The molecule has 0 bridgehead atoms. The van der Waals surface area contributed by atoms with E-state index in [0.717, 1.165) is 18.6 Å². The van der Waals surface area contributed by atoms with Gasteiger partial charge in [-0.25, -0.2) is 5.43 Å². The summed E-state index contributed by atoms with van der Waals surface area (Å²) in [7, 11) is 0. The number of hydrogen-bond acceptors (Lipinski definition) is 3. The van der Waals surface area contributed by atoms with Gasteiger partial charge in [-0.2, -0.15) is 5.10 Å². The fraction of sp³-hybridized carbons (Fsp3) is 0.348. The first kappa shape index (κ1) is 21.4. The lowest BCUT2D eigenvalue weighted by molar-refractivity contribution is 0.0954. The molecule has 28 heavy (non-hydrogen) atoms. The van der Waals surface area contributed by atoms with E-state index in [2.05, 4.69) is 36.6 Å². The number of benzene rings is 2. The molecular formula is C23H29N3O2. The third-order valence-corrected chi connectivity index (χ3v) is 4.55. The number of hydrazone groups is 1. The number of carbonyl (C=O) groups excluding carboxylic acids is 2. The summed E-state index contributed by atoms with van der Waals surface area (Å²) in [6.07, 6.45) is 1.61. The van der Waals surface area contributed by atoms with Crippen LogP contribution >= 0.6 is 0 Å². The molecule has 2 N–H and O–H groups in total. The van der Waals surface area contributed by atoms with Crippen LogP contribution in [0.15, 0.2) is 53.6 Å². The second kappa shape index (κ2) is 9.31. The summed E-state index contributed by atoms with van der Waals surface area (Å²) in [5.41, 5.74) is 6.44. The molecule has 0 radical (unpaired) electrons. The molecule has 2 aromatic carbocycles. The SMILES string of the molecule is CCC(CC)=NNC(=O)c1ccc(NC(=O)c2ccc(C(C)(C)C)cc2)cc1. The molecule has 2 rings (SSSR count). The molecule has 148 valence electrons. The Morgan fingerprint density at radius 1 is 0.821 bits per heavy atom. The van der Waals surface area contributed by atoms with E-state index in [1.54, 1.807) is 24.3 Å². The van der Waals surface area contributed by atoms with Gasteiger partial charge >= 0.3 is 0 Å². The monoisotopic (exact) mass is 379 g/mol. The molecule has 0 unspecified atom stereocenters. The van der Waals surface area contributed by atoms with E-state index in [0.29, 0.717) is 16.8 Å². The highest BCUT2D eigenvalue weighted by Gasteiger charge is 2.14. The van der Waals surface area contributed by atoms with E-state index < -0.39 is 0 Å². The molecule has 2 aromatic rings. The molecule has 0 spiro atoms. The number of nitrogens with zero attached hydrogens (tertiary/aromatic N) is 1. The van der Waals surface area contributed by atoms with Crippen molar-refractivity contribution in [3.63, 3.8) is 0 Å². The van der Waals surface area contributed by atoms with Gasteiger partial charge in [-0.3, -0.25) is 9.59 Å². The van der Waals surface area contributed by atoms with Crippen LogP contribution in [0, 0.1) is 0 Å². The third-order valence-electron chi connectivity index (χ3n) is 4.55. The van der Waals surface area contributed by atoms with Crippen molar-refractivity contribution in [2.24, 2.45) is 5.10 Å². The Balaban J connectivity index is 2.01. The minimum atomic E-state index is -0.268. The van der Waals surface area contributed by atoms with Crippen LogP contribution in [-0.2, 0) is 5.41 Å². The summed E-state index contributed by atoms with van der Waals surface area (Å²) >= 11 is 0. The van der Waals surface area contributed by atoms with Crippen LogP contribution in [0.4, 0.5) is 5.69 Å². The molecule has 0 aliphatic carbocycles. The first-order chi connectivity index (χ1) is 13.2. The van der Waals surface area contributed by atoms with Crippen molar-refractivity contribution in [3.05, 3.63) is 65.2 Å². The number of amides is 2. The van der Waals surface area contributed by atoms with Gasteiger partial charge < -0.3 is 5.32 Å². The highest BCUT2D eigenvalue weighted by Crippen LogP contribution is 2.22. The Hall–Kier alpha value is -2.95. The highest BCUT2D eigenvalue weighted by molar-refractivity contribution is 6.04. The third kappa shape index (κ3) is 5.78. The van der Waals surface area contributed by atoms with Gasteiger partial charge in [0.15, 0.2) is 0 Å². The molecule has 0 saturated carbocycles. The number of carbonyl (C=O) groups is 2. The van der Waals surface area contributed by atoms with Crippen molar-refractivity contribution in [2.45, 2.75) is 52.9 Å². The Kier molecular flexibility index (Phi) is 7.10. The van der Waals surface area contributed by atoms with Gasteiger partial charge in [0.05, 0.1) is 0 Å². The largest absolute Gasteiger partial charge is 0.322 e. The highest BCUT2D eigenvalue weighted by atomic mass is 16.2. The van der Waals surface area contributed by atoms with E-state index in [-0.39, 0.29) is 17.2 Å². The maximum atomic E-state index is 12.4. The number of nitrogens with one attached hydrogen (secondary N) is 2. The Morgan fingerprint density at radius 3 is 1.82 bits per heavy atom. The summed E-state index contributed by atoms with van der Waals surface area (Å²) < 4.78 is 0. The van der Waals surface area contributed by atoms with E-state index in [1.165, 1.54) is 5.56 Å². The smallest absolute Gasteiger partial charge is 0.271 e. The lowest BCUT2D eigenvalue weighted by Gasteiger charge is -2.19. The van der Waals surface area contributed by atoms with E-state index >= 15 is 0 Å². The van der Waals surface area contributed by atoms with Gasteiger partial charge in [0, 0.05) is 22.5 Å². The van der Waals surface area contributed by atoms with Crippen molar-refractivity contribution in [1.29, 1.82) is 0 Å². The van der Waals surface area contributed by atoms with Gasteiger partial charge in [0.25, 0.3) is 11.8 Å². The molecule has 0 fully saturated rings. The lowest BCUT2D eigenvalue weighted by atomic mass is 9.87. The maximum Gasteiger partial charge on any atom is 0.271 e. The van der Waals surface area contributed by atoms with Crippen LogP contribution in [0.3, 0.4) is 0 Å². The molecular weight excluding hydrogens is 350 g/mol. The number of anilines is 1. The molecule has 0 aromatic heterocycles. The van der Waals surface area contributed by atoms with Crippen molar-refractivity contribution in [3.8, 4) is 0 Å². The van der Waals surface area contributed by atoms with Crippen molar-refractivity contribution in [1.82, 2.24) is 5.43 Å². The predicted octanol–water partition coefficient (Wildman–Crippen LogP) is 5.14. The zero-order valence-corrected chi connectivity index (χ0v) is 17.3. The Morgan fingerprint density at radius 2 is 1.32 bits per heavy atom. The van der Waals surface area contributed by atoms with Crippen molar-refractivity contribution < 1.29 is 9.59 Å². The molecule has 0 heterocycles. The topological polar surface area (TPSA) is 70.6 Å². The molecule has 0 saturated heterocycles. The molecule has 5 heteroatoms. The Bertz CT molecular complexity index is 839. The second-order valence-electron chi connectivity index (χ2n) is 7.68. The normalized spacial score (nSPS) is 10.9. The molecule has 0 aliphatic heterocycles. The van der Waals surface area contributed by atoms with Crippen LogP contribution in [0.2, 0.25) is 0 Å². The maximum absolute atomic E-state index is 12.4. The van der Waals surface area contributed by atoms with E-state index in [4.69, 9.17) is 0 Å². The van der Waals surface area contributed by atoms with Gasteiger partial charge in [0.2, 0.25) is 0 Å². The summed E-state index contributed by atoms with van der Waals surface area (Å²) in [4.78, 5) is 24.6. The van der Waals surface area contributed by atoms with Gasteiger partial charge in [-0.1, -0.05) is 46.8 Å². The second-order valence-corrected chi connectivity index (χ2v) is 7.68. The summed E-state index contributed by atoms with van der Waals surface area (Å²) in [5, 5.41) is 6.97. The fourth-order valence-corrected chi connectivity index (χ4v) is 2.63. The number of hydrogen-bond donors (Lipinski definition) is 2. The van der Waals surface area contributed by atoms with Crippen LogP contribution in [0.5, 0.6) is 0 Å². The summed E-state index contributed by atoms with van der Waals surface area (Å²) in [6, 6.07) is 14.4. The minimum absolute atomic E-state index is 0.0461. The first-order valence-corrected chi connectivity index (χ1v) is 9.62. The minimum Gasteiger partial charge on any atom is -0.322 e. The van der Waals surface area contributed by atoms with Gasteiger partial charge in [-0.05, 0) is 60.2 Å². The average molecular weight is 380 g/mol. The van der Waals surface area contributed by atoms with Gasteiger partial charge in [-0.15, -0.1) is 0 Å². The van der Waals surface area contributed by atoms with Gasteiger partial charge in [0.1, 0.15) is 0 Å². The van der Waals surface area contributed by atoms with Crippen molar-refractivity contribution >= 4 is 23.2 Å².